The number of aromatic amines is 1. The first-order chi connectivity index (χ1) is 13.5. The average Bonchev–Trinajstić information content (AvgIpc) is 3.05. The number of nitrogens with zero attached hydrogens (tertiary/aromatic N) is 1. The Balaban J connectivity index is 1.89. The van der Waals surface area contributed by atoms with Crippen LogP contribution in [-0.4, -0.2) is 35.0 Å². The zero-order valence-corrected chi connectivity index (χ0v) is 16.2. The molecule has 1 aliphatic rings. The number of hydrogen-bond acceptors (Lipinski definition) is 2. The van der Waals surface area contributed by atoms with Crippen molar-refractivity contribution in [3.63, 3.8) is 0 Å². The lowest BCUT2D eigenvalue weighted by Crippen LogP contribution is -2.41. The van der Waals surface area contributed by atoms with Gasteiger partial charge < -0.3 is 9.72 Å². The number of ether oxygens (including phenoxy) is 1. The number of hydrogen-bond donors (Lipinski definition) is 1. The highest BCUT2D eigenvalue weighted by molar-refractivity contribution is 6.31. The second kappa shape index (κ2) is 7.60. The molecule has 8 heteroatoms. The fourth-order valence-corrected chi connectivity index (χ4v) is 3.96. The van der Waals surface area contributed by atoms with Gasteiger partial charge in [-0.1, -0.05) is 11.6 Å². The summed E-state index contributed by atoms with van der Waals surface area (Å²) < 4.78 is 33.7. The molecule has 2 aromatic carbocycles. The van der Waals surface area contributed by atoms with Crippen LogP contribution in [0.4, 0.5) is 13.6 Å². The number of carbonyl (C=O) groups is 1. The number of rotatable bonds is 3. The van der Waals surface area contributed by atoms with Gasteiger partial charge in [0.1, 0.15) is 24.3 Å². The summed E-state index contributed by atoms with van der Waals surface area (Å²) in [5.74, 6) is -1.04. The Labute approximate surface area is 170 Å². The summed E-state index contributed by atoms with van der Waals surface area (Å²) in [6.45, 7) is 0.318. The molecule has 0 fully saturated rings. The minimum Gasteiger partial charge on any atom is -0.448 e. The lowest BCUT2D eigenvalue weighted by Gasteiger charge is -2.35. The first-order valence-corrected chi connectivity index (χ1v) is 9.65. The molecule has 1 aliphatic heterocycles. The Hall–Kier alpha value is -2.31. The molecule has 1 unspecified atom stereocenters. The molecule has 1 N–H and O–H groups in total. The molecule has 0 saturated heterocycles. The van der Waals surface area contributed by atoms with Crippen LogP contribution in [0.5, 0.6) is 0 Å². The maximum Gasteiger partial charge on any atom is 0.410 e. The fraction of sp³-hybridized carbons (Fsp3) is 0.250. The van der Waals surface area contributed by atoms with Crippen LogP contribution in [0.2, 0.25) is 5.02 Å². The summed E-state index contributed by atoms with van der Waals surface area (Å²) in [6.07, 6.45) is -0.101. The number of alkyl halides is 1. The predicted octanol–water partition coefficient (Wildman–Crippen LogP) is 5.42. The van der Waals surface area contributed by atoms with E-state index in [9.17, 15) is 13.6 Å². The first kappa shape index (κ1) is 19.0. The van der Waals surface area contributed by atoms with Gasteiger partial charge in [-0.2, -0.15) is 0 Å². The van der Waals surface area contributed by atoms with Crippen molar-refractivity contribution in [2.75, 3.05) is 19.0 Å². The van der Waals surface area contributed by atoms with Crippen LogP contribution in [0.1, 0.15) is 22.9 Å². The van der Waals surface area contributed by atoms with Crippen molar-refractivity contribution >= 4 is 40.2 Å². The van der Waals surface area contributed by atoms with Crippen molar-refractivity contribution in [1.29, 1.82) is 0 Å². The maximum absolute atomic E-state index is 14.7. The minimum atomic E-state index is -0.853. The fourth-order valence-electron chi connectivity index (χ4n) is 3.71. The molecule has 0 saturated carbocycles. The van der Waals surface area contributed by atoms with E-state index in [1.807, 2.05) is 12.1 Å². The summed E-state index contributed by atoms with van der Waals surface area (Å²) in [7, 11) is 0. The summed E-state index contributed by atoms with van der Waals surface area (Å²) in [4.78, 5) is 17.3. The van der Waals surface area contributed by atoms with E-state index in [1.165, 1.54) is 4.90 Å². The number of halogens is 4. The molecule has 4 nitrogen and oxygen atoms in total. The lowest BCUT2D eigenvalue weighted by molar-refractivity contribution is 0.0931. The van der Waals surface area contributed by atoms with Gasteiger partial charge in [-0.3, -0.25) is 4.90 Å². The van der Waals surface area contributed by atoms with E-state index in [-0.39, 0.29) is 24.6 Å². The molecular weight excluding hydrogens is 409 g/mol. The highest BCUT2D eigenvalue weighted by Gasteiger charge is 2.37. The third-order valence-electron chi connectivity index (χ3n) is 4.88. The number of aromatic nitrogens is 1. The van der Waals surface area contributed by atoms with Crippen LogP contribution in [-0.2, 0) is 11.2 Å². The molecule has 28 heavy (non-hydrogen) atoms. The third kappa shape index (κ3) is 3.31. The second-order valence-corrected chi connectivity index (χ2v) is 7.34. The second-order valence-electron chi connectivity index (χ2n) is 6.52. The van der Waals surface area contributed by atoms with E-state index in [1.54, 1.807) is 6.07 Å². The third-order valence-corrected chi connectivity index (χ3v) is 5.27. The van der Waals surface area contributed by atoms with Crippen LogP contribution >= 0.6 is 23.2 Å². The van der Waals surface area contributed by atoms with Crippen LogP contribution in [0, 0.1) is 11.6 Å². The normalized spacial score (nSPS) is 16.3. The first-order valence-electron chi connectivity index (χ1n) is 8.74. The van der Waals surface area contributed by atoms with E-state index in [2.05, 4.69) is 4.98 Å². The van der Waals surface area contributed by atoms with Gasteiger partial charge in [-0.05, 0) is 48.4 Å². The number of H-pyrrole nitrogens is 1. The quantitative estimate of drug-likeness (QED) is 0.570. The van der Waals surface area contributed by atoms with Crippen LogP contribution < -0.4 is 0 Å². The van der Waals surface area contributed by atoms with Gasteiger partial charge in [0.25, 0.3) is 0 Å². The largest absolute Gasteiger partial charge is 0.448 e. The highest BCUT2D eigenvalue weighted by Crippen LogP contribution is 2.40. The van der Waals surface area contributed by atoms with Gasteiger partial charge in [0.15, 0.2) is 0 Å². The summed E-state index contributed by atoms with van der Waals surface area (Å²) in [5.41, 5.74) is 2.41. The number of benzene rings is 2. The van der Waals surface area contributed by atoms with Gasteiger partial charge in [0.2, 0.25) is 0 Å². The van der Waals surface area contributed by atoms with Crippen molar-refractivity contribution < 1.29 is 18.3 Å². The SMILES string of the molecule is O=C(OCCCl)N1CCc2c([nH]c3ccc(Cl)cc23)C1c1cc(F)ccc1F. The predicted molar refractivity (Wildman–Crippen MR) is 104 cm³/mol. The monoisotopic (exact) mass is 424 g/mol. The van der Waals surface area contributed by atoms with E-state index >= 15 is 0 Å². The summed E-state index contributed by atoms with van der Waals surface area (Å²) in [6, 6.07) is 7.75. The van der Waals surface area contributed by atoms with Crippen molar-refractivity contribution in [2.45, 2.75) is 12.5 Å². The van der Waals surface area contributed by atoms with Gasteiger partial charge in [0, 0.05) is 33.7 Å². The molecule has 0 radical (unpaired) electrons. The number of fused-ring (bicyclic) bond motifs is 3. The number of nitrogens with one attached hydrogen (secondary N) is 1. The van der Waals surface area contributed by atoms with E-state index in [4.69, 9.17) is 27.9 Å². The molecule has 1 aromatic heterocycles. The molecular formula is C20H16Cl2F2N2O2. The van der Waals surface area contributed by atoms with Crippen molar-refractivity contribution in [3.8, 4) is 0 Å². The Morgan fingerprint density at radius 1 is 1.25 bits per heavy atom. The zero-order chi connectivity index (χ0) is 19.8. The van der Waals surface area contributed by atoms with Crippen LogP contribution in [0.25, 0.3) is 10.9 Å². The Kier molecular flexibility index (Phi) is 5.17. The number of carbonyl (C=O) groups excluding carboxylic acids is 1. The number of amides is 1. The summed E-state index contributed by atoms with van der Waals surface area (Å²) >= 11 is 11.7. The summed E-state index contributed by atoms with van der Waals surface area (Å²) in [5, 5.41) is 1.48. The van der Waals surface area contributed by atoms with Gasteiger partial charge in [0.05, 0.1) is 5.88 Å². The average molecular weight is 425 g/mol. The lowest BCUT2D eigenvalue weighted by atomic mass is 9.92. The zero-order valence-electron chi connectivity index (χ0n) is 14.6. The van der Waals surface area contributed by atoms with E-state index in [0.29, 0.717) is 17.1 Å². The van der Waals surface area contributed by atoms with E-state index < -0.39 is 23.8 Å². The molecule has 146 valence electrons. The molecule has 4 rings (SSSR count). The molecule has 0 bridgehead atoms. The molecule has 3 aromatic rings. The van der Waals surface area contributed by atoms with Gasteiger partial charge in [-0.15, -0.1) is 11.6 Å². The van der Waals surface area contributed by atoms with Crippen LogP contribution in [0.15, 0.2) is 36.4 Å². The molecule has 2 heterocycles. The van der Waals surface area contributed by atoms with Gasteiger partial charge in [-0.25, -0.2) is 13.6 Å². The molecule has 1 atom stereocenters. The molecule has 0 aliphatic carbocycles. The maximum atomic E-state index is 14.7. The highest BCUT2D eigenvalue weighted by atomic mass is 35.5. The Bertz CT molecular complexity index is 1050. The van der Waals surface area contributed by atoms with Gasteiger partial charge >= 0.3 is 6.09 Å². The van der Waals surface area contributed by atoms with Crippen molar-refractivity contribution in [1.82, 2.24) is 9.88 Å². The molecule has 1 amide bonds. The smallest absolute Gasteiger partial charge is 0.410 e. The van der Waals surface area contributed by atoms with Crippen LogP contribution in [0.3, 0.4) is 0 Å². The standard InChI is InChI=1S/C20H16Cl2F2N2O2/c21-6-8-28-20(27)26-7-5-13-14-9-11(22)1-4-17(14)25-18(13)19(26)15-10-12(23)2-3-16(15)24/h1-4,9-10,19,25H,5-8H2. The Morgan fingerprint density at radius 2 is 2.07 bits per heavy atom. The molecule has 0 spiro atoms. The topological polar surface area (TPSA) is 45.3 Å². The Morgan fingerprint density at radius 3 is 2.86 bits per heavy atom. The van der Waals surface area contributed by atoms with E-state index in [0.717, 1.165) is 34.7 Å². The minimum absolute atomic E-state index is 0.0322. The van der Waals surface area contributed by atoms with Crippen molar-refractivity contribution in [3.05, 3.63) is 69.9 Å². The van der Waals surface area contributed by atoms with Crippen molar-refractivity contribution in [2.24, 2.45) is 0 Å².